The Kier molecular flexibility index (Phi) is 3.92. The summed E-state index contributed by atoms with van der Waals surface area (Å²) in [5, 5.41) is 8.53. The summed E-state index contributed by atoms with van der Waals surface area (Å²) >= 11 is 3.48. The zero-order valence-corrected chi connectivity index (χ0v) is 17.7. The molecule has 31 heavy (non-hydrogen) atoms. The molecule has 6 rings (SSSR count). The average molecular weight is 475 g/mol. The Hall–Kier alpha value is -3.32. The van der Waals surface area contributed by atoms with Gasteiger partial charge in [0.2, 0.25) is 11.4 Å². The largest absolute Gasteiger partial charge is 0.387 e. The lowest BCUT2D eigenvalue weighted by Crippen LogP contribution is -2.50. The molecule has 0 unspecified atom stereocenters. The zero-order chi connectivity index (χ0) is 21.2. The molecule has 0 N–H and O–H groups in total. The highest BCUT2D eigenvalue weighted by Gasteiger charge is 2.66. The molecule has 2 aromatic rings. The van der Waals surface area contributed by atoms with Crippen molar-refractivity contribution in [1.82, 2.24) is 0 Å². The maximum Gasteiger partial charge on any atom is 0.240 e. The fraction of sp³-hybridized carbons (Fsp3) is 0.167. The minimum absolute atomic E-state index is 0.194. The fourth-order valence-corrected chi connectivity index (χ4v) is 5.42. The average Bonchev–Trinajstić information content (AvgIpc) is 3.44. The first-order chi connectivity index (χ1) is 15.1. The van der Waals surface area contributed by atoms with Gasteiger partial charge < -0.3 is 9.68 Å². The zero-order valence-electron chi connectivity index (χ0n) is 16.1. The van der Waals surface area contributed by atoms with Crippen molar-refractivity contribution in [2.75, 3.05) is 0 Å². The molecule has 1 spiro atoms. The van der Waals surface area contributed by atoms with Crippen molar-refractivity contribution in [3.8, 4) is 0 Å². The van der Waals surface area contributed by atoms with Crippen LogP contribution >= 0.6 is 15.9 Å². The Balaban J connectivity index is 1.54. The number of halogens is 1. The van der Waals surface area contributed by atoms with Gasteiger partial charge in [-0.05, 0) is 6.08 Å². The van der Waals surface area contributed by atoms with E-state index in [1.54, 1.807) is 6.08 Å². The van der Waals surface area contributed by atoms with E-state index >= 15 is 0 Å². The van der Waals surface area contributed by atoms with Crippen molar-refractivity contribution in [2.24, 2.45) is 22.1 Å². The van der Waals surface area contributed by atoms with E-state index in [0.717, 1.165) is 11.1 Å². The molecule has 152 valence electrons. The molecular formula is C24H15BrN2O4. The number of hydrogen-bond acceptors (Lipinski definition) is 6. The molecule has 2 aromatic carbocycles. The first-order valence-electron chi connectivity index (χ1n) is 9.90. The lowest BCUT2D eigenvalue weighted by Gasteiger charge is -2.28. The quantitative estimate of drug-likeness (QED) is 0.666. The molecule has 0 saturated heterocycles. The fourth-order valence-electron chi connectivity index (χ4n) is 4.79. The summed E-state index contributed by atoms with van der Waals surface area (Å²) < 4.78 is 0.567. The van der Waals surface area contributed by atoms with Crippen molar-refractivity contribution < 1.29 is 19.3 Å². The van der Waals surface area contributed by atoms with E-state index in [2.05, 4.69) is 26.2 Å². The van der Waals surface area contributed by atoms with Gasteiger partial charge in [0.1, 0.15) is 23.3 Å². The molecule has 0 aromatic heterocycles. The minimum Gasteiger partial charge on any atom is -0.387 e. The predicted octanol–water partition coefficient (Wildman–Crippen LogP) is 3.57. The highest BCUT2D eigenvalue weighted by Crippen LogP contribution is 2.52. The van der Waals surface area contributed by atoms with Crippen LogP contribution in [-0.4, -0.2) is 34.7 Å². The van der Waals surface area contributed by atoms with Crippen molar-refractivity contribution >= 4 is 38.9 Å². The van der Waals surface area contributed by atoms with Gasteiger partial charge in [-0.2, -0.15) is 0 Å². The predicted molar refractivity (Wildman–Crippen MR) is 117 cm³/mol. The summed E-state index contributed by atoms with van der Waals surface area (Å²) in [7, 11) is 0. The van der Waals surface area contributed by atoms with Gasteiger partial charge in [-0.1, -0.05) is 86.9 Å². The maximum atomic E-state index is 14.1. The number of Topliss-reactive ketones (excluding diaryl/α,β-unsaturated/α-hetero) is 1. The number of oxime groups is 2. The summed E-state index contributed by atoms with van der Waals surface area (Å²) in [5.41, 5.74) is 1.58. The Morgan fingerprint density at radius 1 is 0.871 bits per heavy atom. The molecule has 2 aliphatic heterocycles. The number of rotatable bonds is 2. The van der Waals surface area contributed by atoms with E-state index in [-0.39, 0.29) is 11.6 Å². The van der Waals surface area contributed by atoms with Crippen LogP contribution < -0.4 is 0 Å². The van der Waals surface area contributed by atoms with Gasteiger partial charge in [0.25, 0.3) is 0 Å². The van der Waals surface area contributed by atoms with Crippen LogP contribution in [0.3, 0.4) is 0 Å². The number of nitrogens with zero attached hydrogens (tertiary/aromatic N) is 2. The highest BCUT2D eigenvalue weighted by molar-refractivity contribution is 9.12. The van der Waals surface area contributed by atoms with Crippen LogP contribution in [-0.2, 0) is 19.3 Å². The SMILES string of the molecule is O=C1[C@@H]2C(c3ccccc3)=NO[C@@H]2C=C2C(Br)=CC(=O)[C@]23ON=C(c2ccccc2)[C@H]13. The van der Waals surface area contributed by atoms with Crippen molar-refractivity contribution in [2.45, 2.75) is 11.7 Å². The summed E-state index contributed by atoms with van der Waals surface area (Å²) in [6.45, 7) is 0. The minimum atomic E-state index is -1.52. The summed E-state index contributed by atoms with van der Waals surface area (Å²) in [6.07, 6.45) is 2.59. The van der Waals surface area contributed by atoms with E-state index in [1.165, 1.54) is 6.08 Å². The molecule has 0 bridgehead atoms. The summed E-state index contributed by atoms with van der Waals surface area (Å²) in [4.78, 5) is 38.9. The second-order valence-electron chi connectivity index (χ2n) is 7.83. The summed E-state index contributed by atoms with van der Waals surface area (Å²) in [5.74, 6) is -2.09. The van der Waals surface area contributed by atoms with Gasteiger partial charge in [0.05, 0.1) is 0 Å². The number of carbonyl (C=O) groups excluding carboxylic acids is 2. The molecule has 6 nitrogen and oxygen atoms in total. The molecule has 0 radical (unpaired) electrons. The van der Waals surface area contributed by atoms with Crippen LogP contribution in [0, 0.1) is 11.8 Å². The van der Waals surface area contributed by atoms with Gasteiger partial charge in [0, 0.05) is 27.3 Å². The lowest BCUT2D eigenvalue weighted by molar-refractivity contribution is -0.141. The topological polar surface area (TPSA) is 77.3 Å². The molecular weight excluding hydrogens is 460 g/mol. The molecule has 0 saturated carbocycles. The Bertz CT molecular complexity index is 1250. The molecule has 0 amide bonds. The van der Waals surface area contributed by atoms with E-state index < -0.39 is 23.5 Å². The molecule has 4 aliphatic rings. The van der Waals surface area contributed by atoms with Crippen molar-refractivity contribution in [1.29, 1.82) is 0 Å². The van der Waals surface area contributed by atoms with E-state index in [4.69, 9.17) is 9.68 Å². The lowest BCUT2D eigenvalue weighted by atomic mass is 9.73. The smallest absolute Gasteiger partial charge is 0.240 e. The highest BCUT2D eigenvalue weighted by atomic mass is 79.9. The van der Waals surface area contributed by atoms with Crippen LogP contribution in [0.15, 0.2) is 93.2 Å². The first-order valence-corrected chi connectivity index (χ1v) is 10.7. The van der Waals surface area contributed by atoms with Crippen LogP contribution in [0.1, 0.15) is 11.1 Å². The molecule has 2 heterocycles. The third-order valence-electron chi connectivity index (χ3n) is 6.21. The van der Waals surface area contributed by atoms with Crippen molar-refractivity contribution in [3.63, 3.8) is 0 Å². The maximum absolute atomic E-state index is 14.1. The normalized spacial score (nSPS) is 30.7. The standard InChI is InChI=1S/C24H15BrN2O4/c25-16-12-18(28)24-15(16)11-17-19(21(26-30-17)13-7-3-1-4-8-13)23(29)20(24)22(27-31-24)14-9-5-2-6-10-14/h1-12,17,19-20H/t17-,19+,20-,24-/m1/s1. The van der Waals surface area contributed by atoms with Gasteiger partial charge in [0.15, 0.2) is 11.9 Å². The third-order valence-corrected chi connectivity index (χ3v) is 6.86. The van der Waals surface area contributed by atoms with Gasteiger partial charge in [-0.15, -0.1) is 0 Å². The Morgan fingerprint density at radius 3 is 2.19 bits per heavy atom. The molecule has 4 atom stereocenters. The number of benzene rings is 2. The van der Waals surface area contributed by atoms with E-state index in [1.807, 2.05) is 60.7 Å². The van der Waals surface area contributed by atoms with Crippen LogP contribution in [0.4, 0.5) is 0 Å². The van der Waals surface area contributed by atoms with E-state index in [0.29, 0.717) is 21.5 Å². The third kappa shape index (κ3) is 2.44. The number of carbonyl (C=O) groups is 2. The van der Waals surface area contributed by atoms with Crippen LogP contribution in [0.5, 0.6) is 0 Å². The molecule has 2 aliphatic carbocycles. The monoisotopic (exact) mass is 474 g/mol. The number of ketones is 2. The second kappa shape index (κ2) is 6.59. The molecule has 7 heteroatoms. The van der Waals surface area contributed by atoms with Crippen LogP contribution in [0.2, 0.25) is 0 Å². The summed E-state index contributed by atoms with van der Waals surface area (Å²) in [6, 6.07) is 18.8. The molecule has 0 fully saturated rings. The first kappa shape index (κ1) is 18.4. The second-order valence-corrected chi connectivity index (χ2v) is 8.69. The van der Waals surface area contributed by atoms with Gasteiger partial charge in [-0.25, -0.2) is 0 Å². The van der Waals surface area contributed by atoms with Crippen molar-refractivity contribution in [3.05, 3.63) is 94.0 Å². The number of fused-ring (bicyclic) bond motifs is 1. The van der Waals surface area contributed by atoms with Gasteiger partial charge >= 0.3 is 0 Å². The van der Waals surface area contributed by atoms with Crippen LogP contribution in [0.25, 0.3) is 0 Å². The Labute approximate surface area is 186 Å². The Morgan fingerprint density at radius 2 is 1.52 bits per heavy atom. The van der Waals surface area contributed by atoms with E-state index in [9.17, 15) is 9.59 Å². The van der Waals surface area contributed by atoms with Gasteiger partial charge in [-0.3, -0.25) is 9.59 Å². The number of hydrogen-bond donors (Lipinski definition) is 0.